The Balaban J connectivity index is 1.92. The first-order valence-corrected chi connectivity index (χ1v) is 7.35. The van der Waals surface area contributed by atoms with E-state index in [9.17, 15) is 5.11 Å². The van der Waals surface area contributed by atoms with Crippen LogP contribution < -0.4 is 0 Å². The highest BCUT2D eigenvalue weighted by atomic mass is 32.1. The van der Waals surface area contributed by atoms with E-state index < -0.39 is 0 Å². The number of rotatable bonds is 2. The molecular weight excluding hydrogens is 282 g/mol. The van der Waals surface area contributed by atoms with Gasteiger partial charge in [0.25, 0.3) is 0 Å². The second kappa shape index (κ2) is 4.71. The molecule has 4 aromatic rings. The molecule has 4 rings (SSSR count). The van der Waals surface area contributed by atoms with E-state index in [1.165, 1.54) is 0 Å². The monoisotopic (exact) mass is 293 g/mol. The van der Waals surface area contributed by atoms with E-state index in [0.717, 1.165) is 27.5 Å². The third-order valence-electron chi connectivity index (χ3n) is 3.31. The molecule has 102 valence electrons. The molecule has 0 saturated carbocycles. The molecule has 0 aliphatic heterocycles. The molecule has 0 saturated heterocycles. The lowest BCUT2D eigenvalue weighted by Crippen LogP contribution is -1.91. The van der Waals surface area contributed by atoms with Gasteiger partial charge in [0.15, 0.2) is 5.65 Å². The van der Waals surface area contributed by atoms with E-state index >= 15 is 0 Å². The first-order valence-electron chi connectivity index (χ1n) is 6.48. The van der Waals surface area contributed by atoms with Gasteiger partial charge in [-0.05, 0) is 23.6 Å². The number of benzene rings is 1. The maximum atomic E-state index is 9.65. The zero-order valence-electron chi connectivity index (χ0n) is 11.0. The van der Waals surface area contributed by atoms with Gasteiger partial charge in [-0.25, -0.2) is 9.97 Å². The molecule has 0 spiro atoms. The summed E-state index contributed by atoms with van der Waals surface area (Å²) in [5.41, 5.74) is 3.55. The number of thiophene rings is 1. The van der Waals surface area contributed by atoms with Crippen LogP contribution in [0.15, 0.2) is 60.4 Å². The molecule has 0 aliphatic rings. The Kier molecular flexibility index (Phi) is 2.72. The molecule has 4 nitrogen and oxygen atoms in total. The zero-order chi connectivity index (χ0) is 14.2. The summed E-state index contributed by atoms with van der Waals surface area (Å²) in [7, 11) is 0. The molecule has 1 N–H and O–H groups in total. The van der Waals surface area contributed by atoms with Gasteiger partial charge < -0.3 is 5.11 Å². The number of hydrogen-bond acceptors (Lipinski definition) is 4. The first kappa shape index (κ1) is 12.1. The van der Waals surface area contributed by atoms with E-state index in [4.69, 9.17) is 0 Å². The molecule has 21 heavy (non-hydrogen) atoms. The Hall–Kier alpha value is -2.66. The van der Waals surface area contributed by atoms with Crippen LogP contribution in [0.25, 0.3) is 27.5 Å². The van der Waals surface area contributed by atoms with Crippen LogP contribution in [0.2, 0.25) is 0 Å². The van der Waals surface area contributed by atoms with Crippen LogP contribution >= 0.6 is 11.3 Å². The topological polar surface area (TPSA) is 50.4 Å². The number of aromatic hydroxyl groups is 1. The largest absolute Gasteiger partial charge is 0.508 e. The molecule has 0 fully saturated rings. The summed E-state index contributed by atoms with van der Waals surface area (Å²) in [6.45, 7) is 0. The fourth-order valence-electron chi connectivity index (χ4n) is 2.32. The van der Waals surface area contributed by atoms with Crippen molar-refractivity contribution >= 4 is 17.0 Å². The maximum absolute atomic E-state index is 9.65. The van der Waals surface area contributed by atoms with Crippen molar-refractivity contribution in [2.45, 2.75) is 0 Å². The van der Waals surface area contributed by atoms with Gasteiger partial charge in [0.05, 0.1) is 28.7 Å². The lowest BCUT2D eigenvalue weighted by Gasteiger charge is -2.04. The Bertz CT molecular complexity index is 912. The summed E-state index contributed by atoms with van der Waals surface area (Å²) < 4.78 is 2.00. The zero-order valence-corrected chi connectivity index (χ0v) is 11.8. The van der Waals surface area contributed by atoms with Crippen molar-refractivity contribution in [1.82, 2.24) is 14.4 Å². The molecule has 0 aliphatic carbocycles. The van der Waals surface area contributed by atoms with Crippen LogP contribution in [0.1, 0.15) is 0 Å². The van der Waals surface area contributed by atoms with Crippen LogP contribution in [0.3, 0.4) is 0 Å². The third kappa shape index (κ3) is 2.08. The van der Waals surface area contributed by atoms with Crippen LogP contribution in [0.4, 0.5) is 0 Å². The lowest BCUT2D eigenvalue weighted by molar-refractivity contribution is 0.475. The maximum Gasteiger partial charge on any atom is 0.155 e. The number of nitrogens with zero attached hydrogens (tertiary/aromatic N) is 3. The molecule has 0 bridgehead atoms. The Morgan fingerprint density at radius 2 is 2.00 bits per heavy atom. The standard InChI is InChI=1S/C16H11N3OS/c20-12-4-1-3-11(7-12)14-8-18-16-9-17-13(10-19(14)16)15-5-2-6-21-15/h1-10,20H. The van der Waals surface area contributed by atoms with Gasteiger partial charge in [-0.15, -0.1) is 11.3 Å². The second-order valence-electron chi connectivity index (χ2n) is 4.67. The number of imidazole rings is 1. The number of phenols is 1. The van der Waals surface area contributed by atoms with Crippen molar-refractivity contribution in [1.29, 1.82) is 0 Å². The number of phenolic OH excluding ortho intramolecular Hbond substituents is 1. The summed E-state index contributed by atoms with van der Waals surface area (Å²) in [4.78, 5) is 9.94. The van der Waals surface area contributed by atoms with E-state index in [-0.39, 0.29) is 5.75 Å². The van der Waals surface area contributed by atoms with E-state index in [0.29, 0.717) is 0 Å². The fourth-order valence-corrected chi connectivity index (χ4v) is 3.01. The molecule has 5 heteroatoms. The van der Waals surface area contributed by atoms with Crippen LogP contribution in [0, 0.1) is 0 Å². The summed E-state index contributed by atoms with van der Waals surface area (Å²) >= 11 is 1.66. The van der Waals surface area contributed by atoms with Gasteiger partial charge in [0.2, 0.25) is 0 Å². The smallest absolute Gasteiger partial charge is 0.155 e. The third-order valence-corrected chi connectivity index (χ3v) is 4.20. The quantitative estimate of drug-likeness (QED) is 0.611. The molecule has 1 aromatic carbocycles. The number of aromatic nitrogens is 3. The Morgan fingerprint density at radius 1 is 1.05 bits per heavy atom. The highest BCUT2D eigenvalue weighted by Gasteiger charge is 2.09. The van der Waals surface area contributed by atoms with Crippen molar-refractivity contribution in [3.63, 3.8) is 0 Å². The van der Waals surface area contributed by atoms with Crippen molar-refractivity contribution in [2.24, 2.45) is 0 Å². The van der Waals surface area contributed by atoms with Crippen LogP contribution in [0.5, 0.6) is 5.75 Å². The lowest BCUT2D eigenvalue weighted by atomic mass is 10.1. The average Bonchev–Trinajstić information content (AvgIpc) is 3.16. The summed E-state index contributed by atoms with van der Waals surface area (Å²) in [6, 6.07) is 11.2. The first-order chi connectivity index (χ1) is 10.3. The minimum atomic E-state index is 0.245. The molecular formula is C16H11N3OS. The molecule has 0 atom stereocenters. The Morgan fingerprint density at radius 3 is 2.81 bits per heavy atom. The van der Waals surface area contributed by atoms with E-state index in [1.54, 1.807) is 35.9 Å². The Labute approximate surface area is 125 Å². The van der Waals surface area contributed by atoms with Gasteiger partial charge in [-0.2, -0.15) is 0 Å². The van der Waals surface area contributed by atoms with Gasteiger partial charge >= 0.3 is 0 Å². The van der Waals surface area contributed by atoms with Gasteiger partial charge in [0, 0.05) is 11.8 Å². The van der Waals surface area contributed by atoms with Crippen molar-refractivity contribution in [3.8, 4) is 27.6 Å². The van der Waals surface area contributed by atoms with Crippen molar-refractivity contribution in [2.75, 3.05) is 0 Å². The molecule has 3 heterocycles. The average molecular weight is 293 g/mol. The van der Waals surface area contributed by atoms with Gasteiger partial charge in [-0.1, -0.05) is 18.2 Å². The van der Waals surface area contributed by atoms with E-state index in [1.807, 2.05) is 40.2 Å². The van der Waals surface area contributed by atoms with Crippen molar-refractivity contribution in [3.05, 3.63) is 60.4 Å². The summed E-state index contributed by atoms with van der Waals surface area (Å²) in [5.74, 6) is 0.245. The van der Waals surface area contributed by atoms with Crippen molar-refractivity contribution < 1.29 is 5.11 Å². The normalized spacial score (nSPS) is 11.0. The SMILES string of the molecule is Oc1cccc(-c2cnc3cnc(-c4cccs4)cn23)c1. The second-order valence-corrected chi connectivity index (χ2v) is 5.62. The molecule has 3 aromatic heterocycles. The van der Waals surface area contributed by atoms with Crippen LogP contribution in [-0.2, 0) is 0 Å². The molecule has 0 unspecified atom stereocenters. The fraction of sp³-hybridized carbons (Fsp3) is 0. The predicted octanol–water partition coefficient (Wildman–Crippen LogP) is 3.83. The minimum absolute atomic E-state index is 0.245. The minimum Gasteiger partial charge on any atom is -0.508 e. The summed E-state index contributed by atoms with van der Waals surface area (Å²) in [6.07, 6.45) is 5.54. The molecule has 0 amide bonds. The predicted molar refractivity (Wildman–Crippen MR) is 83.4 cm³/mol. The van der Waals surface area contributed by atoms with E-state index in [2.05, 4.69) is 9.97 Å². The van der Waals surface area contributed by atoms with Gasteiger partial charge in [-0.3, -0.25) is 4.40 Å². The highest BCUT2D eigenvalue weighted by molar-refractivity contribution is 7.13. The number of fused-ring (bicyclic) bond motifs is 1. The molecule has 0 radical (unpaired) electrons. The van der Waals surface area contributed by atoms with Crippen LogP contribution in [-0.4, -0.2) is 19.5 Å². The summed E-state index contributed by atoms with van der Waals surface area (Å²) in [5, 5.41) is 11.7. The number of hydrogen-bond donors (Lipinski definition) is 1. The highest BCUT2D eigenvalue weighted by Crippen LogP contribution is 2.27. The van der Waals surface area contributed by atoms with Gasteiger partial charge in [0.1, 0.15) is 5.75 Å².